The van der Waals surface area contributed by atoms with E-state index >= 15 is 0 Å². The fourth-order valence-electron chi connectivity index (χ4n) is 2.95. The molecule has 7 nitrogen and oxygen atoms in total. The molecule has 0 saturated carbocycles. The number of aliphatic hydroxyl groups excluding tert-OH is 1. The lowest BCUT2D eigenvalue weighted by Gasteiger charge is -2.29. The highest BCUT2D eigenvalue weighted by molar-refractivity contribution is 5.61. The summed E-state index contributed by atoms with van der Waals surface area (Å²) >= 11 is 0. The molecule has 0 amide bonds. The zero-order valence-electron chi connectivity index (χ0n) is 13.9. The smallest absolute Gasteiger partial charge is 0.0710 e. The molecule has 1 aliphatic heterocycles. The first-order valence-corrected chi connectivity index (χ1v) is 8.43. The summed E-state index contributed by atoms with van der Waals surface area (Å²) in [6, 6.07) is 3.94. The molecule has 2 N–H and O–H groups in total. The first-order chi connectivity index (χ1) is 11.9. The average molecular weight is 331 g/mol. The molecule has 0 aromatic carbocycles. The van der Waals surface area contributed by atoms with E-state index in [0.29, 0.717) is 6.54 Å². The summed E-state index contributed by atoms with van der Waals surface area (Å²) in [5, 5.41) is 16.6. The maximum atomic E-state index is 9.38. The first-order valence-electron chi connectivity index (χ1n) is 8.43. The number of pyridine rings is 1. The van der Waals surface area contributed by atoms with E-state index in [4.69, 9.17) is 4.74 Å². The Kier molecular flexibility index (Phi) is 6.31. The second-order valence-corrected chi connectivity index (χ2v) is 5.97. The number of aromatic nitrogens is 3. The Bertz CT molecular complexity index is 598. The van der Waals surface area contributed by atoms with Crippen LogP contribution in [0.1, 0.15) is 5.56 Å². The van der Waals surface area contributed by atoms with Crippen molar-refractivity contribution in [1.29, 1.82) is 0 Å². The van der Waals surface area contributed by atoms with Crippen molar-refractivity contribution >= 4 is 0 Å². The second-order valence-electron chi connectivity index (χ2n) is 5.97. The maximum absolute atomic E-state index is 9.38. The predicted molar refractivity (Wildman–Crippen MR) is 91.4 cm³/mol. The lowest BCUT2D eigenvalue weighted by atomic mass is 10.1. The topological polar surface area (TPSA) is 77.5 Å². The highest BCUT2D eigenvalue weighted by atomic mass is 16.5. The van der Waals surface area contributed by atoms with Crippen LogP contribution in [0.25, 0.3) is 11.3 Å². The number of aliphatic hydroxyl groups is 1. The number of aromatic amines is 1. The Morgan fingerprint density at radius 1 is 1.25 bits per heavy atom. The lowest BCUT2D eigenvalue weighted by Crippen LogP contribution is -2.41. The van der Waals surface area contributed by atoms with Crippen molar-refractivity contribution in [3.63, 3.8) is 0 Å². The van der Waals surface area contributed by atoms with E-state index in [1.165, 1.54) is 0 Å². The van der Waals surface area contributed by atoms with Crippen LogP contribution >= 0.6 is 0 Å². The van der Waals surface area contributed by atoms with Gasteiger partial charge in [0.05, 0.1) is 31.7 Å². The largest absolute Gasteiger partial charge is 0.395 e. The van der Waals surface area contributed by atoms with Gasteiger partial charge in [0.15, 0.2) is 0 Å². The summed E-state index contributed by atoms with van der Waals surface area (Å²) < 4.78 is 5.39. The molecule has 1 fully saturated rings. The predicted octanol–water partition coefficient (Wildman–Crippen LogP) is 0.598. The van der Waals surface area contributed by atoms with E-state index in [-0.39, 0.29) is 6.61 Å². The van der Waals surface area contributed by atoms with E-state index in [9.17, 15) is 5.11 Å². The van der Waals surface area contributed by atoms with Crippen LogP contribution in [0.2, 0.25) is 0 Å². The zero-order chi connectivity index (χ0) is 16.6. The summed E-state index contributed by atoms with van der Waals surface area (Å²) in [6.07, 6.45) is 5.46. The number of H-pyrrole nitrogens is 1. The van der Waals surface area contributed by atoms with Crippen LogP contribution in [0.4, 0.5) is 0 Å². The van der Waals surface area contributed by atoms with Gasteiger partial charge in [-0.2, -0.15) is 5.10 Å². The Labute approximate surface area is 142 Å². The number of nitrogens with one attached hydrogen (secondary N) is 1. The molecular weight excluding hydrogens is 306 g/mol. The minimum absolute atomic E-state index is 0.156. The van der Waals surface area contributed by atoms with Crippen LogP contribution in [0.5, 0.6) is 0 Å². The van der Waals surface area contributed by atoms with Gasteiger partial charge in [0.1, 0.15) is 0 Å². The van der Waals surface area contributed by atoms with Gasteiger partial charge in [0.2, 0.25) is 0 Å². The molecule has 0 unspecified atom stereocenters. The van der Waals surface area contributed by atoms with Gasteiger partial charge in [-0.1, -0.05) is 0 Å². The third-order valence-corrected chi connectivity index (χ3v) is 4.31. The Balaban J connectivity index is 1.62. The second kappa shape index (κ2) is 8.89. The number of morpholine rings is 1. The third-order valence-electron chi connectivity index (χ3n) is 4.31. The van der Waals surface area contributed by atoms with Crippen molar-refractivity contribution in [3.05, 3.63) is 36.3 Å². The normalized spacial score (nSPS) is 15.9. The fraction of sp³-hybridized carbons (Fsp3) is 0.529. The molecule has 1 aliphatic rings. The maximum Gasteiger partial charge on any atom is 0.0710 e. The summed E-state index contributed by atoms with van der Waals surface area (Å²) in [6.45, 7) is 7.07. The number of nitrogens with zero attached hydrogens (tertiary/aromatic N) is 4. The molecule has 0 spiro atoms. The van der Waals surface area contributed by atoms with Crippen LogP contribution in [0.3, 0.4) is 0 Å². The molecule has 24 heavy (non-hydrogen) atoms. The van der Waals surface area contributed by atoms with Gasteiger partial charge < -0.3 is 9.84 Å². The molecule has 1 saturated heterocycles. The van der Waals surface area contributed by atoms with Crippen molar-refractivity contribution < 1.29 is 9.84 Å². The van der Waals surface area contributed by atoms with Crippen LogP contribution in [0.15, 0.2) is 30.7 Å². The minimum Gasteiger partial charge on any atom is -0.395 e. The molecule has 2 aromatic heterocycles. The molecule has 3 rings (SSSR count). The number of ether oxygens (including phenoxy) is 1. The standard InChI is InChI=1S/C17H25N5O2/c23-9-6-22(5-4-21-7-10-24-11-8-21)14-16-13-19-20-17(16)15-2-1-3-18-12-15/h1-3,12-13,23H,4-11,14H2,(H,19,20). The van der Waals surface area contributed by atoms with Gasteiger partial charge in [0, 0.05) is 62.8 Å². The van der Waals surface area contributed by atoms with Crippen LogP contribution in [-0.2, 0) is 11.3 Å². The Morgan fingerprint density at radius 3 is 2.88 bits per heavy atom. The van der Waals surface area contributed by atoms with Gasteiger partial charge in [-0.25, -0.2) is 0 Å². The monoisotopic (exact) mass is 331 g/mol. The van der Waals surface area contributed by atoms with Crippen LogP contribution in [0, 0.1) is 0 Å². The van der Waals surface area contributed by atoms with Crippen molar-refractivity contribution in [2.75, 3.05) is 52.5 Å². The first kappa shape index (κ1) is 17.0. The van der Waals surface area contributed by atoms with Gasteiger partial charge >= 0.3 is 0 Å². The van der Waals surface area contributed by atoms with Crippen LogP contribution in [-0.4, -0.2) is 82.6 Å². The molecular formula is C17H25N5O2. The third kappa shape index (κ3) is 4.61. The van der Waals surface area contributed by atoms with Gasteiger partial charge in [-0.3, -0.25) is 19.9 Å². The van der Waals surface area contributed by atoms with E-state index < -0.39 is 0 Å². The van der Waals surface area contributed by atoms with E-state index in [1.807, 2.05) is 24.5 Å². The van der Waals surface area contributed by atoms with E-state index in [0.717, 1.165) is 62.8 Å². The quantitative estimate of drug-likeness (QED) is 0.738. The molecule has 7 heteroatoms. The van der Waals surface area contributed by atoms with Gasteiger partial charge in [-0.05, 0) is 12.1 Å². The van der Waals surface area contributed by atoms with Crippen molar-refractivity contribution in [3.8, 4) is 11.3 Å². The average Bonchev–Trinajstić information content (AvgIpc) is 3.10. The highest BCUT2D eigenvalue weighted by Gasteiger charge is 2.15. The fourth-order valence-corrected chi connectivity index (χ4v) is 2.95. The molecule has 0 radical (unpaired) electrons. The zero-order valence-corrected chi connectivity index (χ0v) is 13.9. The van der Waals surface area contributed by atoms with Crippen molar-refractivity contribution in [1.82, 2.24) is 25.0 Å². The van der Waals surface area contributed by atoms with Crippen LogP contribution < -0.4 is 0 Å². The summed E-state index contributed by atoms with van der Waals surface area (Å²) in [4.78, 5) is 8.85. The molecule has 2 aromatic rings. The van der Waals surface area contributed by atoms with Crippen molar-refractivity contribution in [2.45, 2.75) is 6.54 Å². The molecule has 0 aliphatic carbocycles. The molecule has 0 atom stereocenters. The SMILES string of the molecule is OCCN(CCN1CCOCC1)Cc1cn[nH]c1-c1cccnc1. The highest BCUT2D eigenvalue weighted by Crippen LogP contribution is 2.21. The summed E-state index contributed by atoms with van der Waals surface area (Å²) in [7, 11) is 0. The lowest BCUT2D eigenvalue weighted by molar-refractivity contribution is 0.0320. The number of hydrogen-bond acceptors (Lipinski definition) is 6. The number of rotatable bonds is 8. The van der Waals surface area contributed by atoms with Gasteiger partial charge in [-0.15, -0.1) is 0 Å². The Hall–Kier alpha value is -1.80. The molecule has 130 valence electrons. The van der Waals surface area contributed by atoms with E-state index in [1.54, 1.807) is 6.20 Å². The summed E-state index contributed by atoms with van der Waals surface area (Å²) in [5.41, 5.74) is 3.15. The summed E-state index contributed by atoms with van der Waals surface area (Å²) in [5.74, 6) is 0. The Morgan fingerprint density at radius 2 is 2.12 bits per heavy atom. The number of hydrogen-bond donors (Lipinski definition) is 2. The molecule has 3 heterocycles. The van der Waals surface area contributed by atoms with E-state index in [2.05, 4.69) is 25.0 Å². The molecule has 0 bridgehead atoms. The minimum atomic E-state index is 0.156. The van der Waals surface area contributed by atoms with Gasteiger partial charge in [0.25, 0.3) is 0 Å². The van der Waals surface area contributed by atoms with Crippen molar-refractivity contribution in [2.24, 2.45) is 0 Å².